The van der Waals surface area contributed by atoms with E-state index in [1.807, 2.05) is 0 Å². The van der Waals surface area contributed by atoms with Gasteiger partial charge in [-0.1, -0.05) is 0 Å². The van der Waals surface area contributed by atoms with Crippen LogP contribution in [0.25, 0.3) is 0 Å². The van der Waals surface area contributed by atoms with Gasteiger partial charge in [-0.25, -0.2) is 0 Å². The first-order valence-corrected chi connectivity index (χ1v) is 6.77. The zero-order valence-electron chi connectivity index (χ0n) is 10.2. The minimum absolute atomic E-state index is 0.223. The van der Waals surface area contributed by atoms with Crippen LogP contribution < -0.4 is 0 Å². The van der Waals surface area contributed by atoms with Crippen LogP contribution in [0.4, 0.5) is 0 Å². The van der Waals surface area contributed by atoms with Crippen molar-refractivity contribution in [2.24, 2.45) is 11.8 Å². The minimum atomic E-state index is -0.421. The van der Waals surface area contributed by atoms with Crippen molar-refractivity contribution in [3.05, 3.63) is 0 Å². The highest BCUT2D eigenvalue weighted by atomic mass is 16.3. The average molecular weight is 244 g/mol. The van der Waals surface area contributed by atoms with E-state index >= 15 is 0 Å². The van der Waals surface area contributed by atoms with Crippen molar-refractivity contribution in [1.29, 1.82) is 0 Å². The monoisotopic (exact) mass is 244 g/mol. The molecule has 0 radical (unpaired) electrons. The smallest absolute Gasteiger partial charge is 0.0593 e. The summed E-state index contributed by atoms with van der Waals surface area (Å²) in [7, 11) is 0. The Labute approximate surface area is 102 Å². The molecule has 5 unspecified atom stereocenters. The first kappa shape index (κ1) is 13.3. The van der Waals surface area contributed by atoms with Gasteiger partial charge in [-0.05, 0) is 56.8 Å². The van der Waals surface area contributed by atoms with E-state index in [-0.39, 0.29) is 12.0 Å². The van der Waals surface area contributed by atoms with Gasteiger partial charge in [-0.2, -0.15) is 0 Å². The van der Waals surface area contributed by atoms with Gasteiger partial charge in [-0.15, -0.1) is 0 Å². The highest BCUT2D eigenvalue weighted by Gasteiger charge is 2.33. The third kappa shape index (κ3) is 3.65. The van der Waals surface area contributed by atoms with Gasteiger partial charge >= 0.3 is 0 Å². The van der Waals surface area contributed by atoms with Gasteiger partial charge in [0, 0.05) is 0 Å². The summed E-state index contributed by atoms with van der Waals surface area (Å²) in [5, 5.41) is 38.6. The van der Waals surface area contributed by atoms with Crippen LogP contribution in [0.1, 0.15) is 44.9 Å². The maximum absolute atomic E-state index is 9.92. The van der Waals surface area contributed by atoms with Crippen molar-refractivity contribution < 1.29 is 20.4 Å². The Bertz CT molecular complexity index is 236. The van der Waals surface area contributed by atoms with Crippen LogP contribution in [0.5, 0.6) is 0 Å². The van der Waals surface area contributed by atoms with E-state index in [0.29, 0.717) is 18.8 Å². The Morgan fingerprint density at radius 2 is 1.35 bits per heavy atom. The molecule has 5 atom stereocenters. The zero-order chi connectivity index (χ0) is 12.4. The largest absolute Gasteiger partial charge is 0.393 e. The molecule has 0 aromatic rings. The molecule has 100 valence electrons. The minimum Gasteiger partial charge on any atom is -0.393 e. The summed E-state index contributed by atoms with van der Waals surface area (Å²) in [4.78, 5) is 0. The van der Waals surface area contributed by atoms with E-state index in [4.69, 9.17) is 0 Å². The molecule has 0 amide bonds. The van der Waals surface area contributed by atoms with Crippen LogP contribution in [0.2, 0.25) is 0 Å². The van der Waals surface area contributed by atoms with Crippen molar-refractivity contribution in [2.75, 3.05) is 0 Å². The van der Waals surface area contributed by atoms with Gasteiger partial charge in [0.25, 0.3) is 0 Å². The van der Waals surface area contributed by atoms with Crippen LogP contribution in [-0.4, -0.2) is 44.8 Å². The normalized spacial score (nSPS) is 48.0. The summed E-state index contributed by atoms with van der Waals surface area (Å²) in [5.41, 5.74) is 0. The topological polar surface area (TPSA) is 80.9 Å². The van der Waals surface area contributed by atoms with Gasteiger partial charge in [-0.3, -0.25) is 0 Å². The Morgan fingerprint density at radius 1 is 0.706 bits per heavy atom. The second-order valence-electron chi connectivity index (χ2n) is 5.91. The lowest BCUT2D eigenvalue weighted by molar-refractivity contribution is -0.0279. The van der Waals surface area contributed by atoms with Crippen LogP contribution in [0, 0.1) is 11.8 Å². The van der Waals surface area contributed by atoms with Crippen LogP contribution in [0.15, 0.2) is 0 Å². The summed E-state index contributed by atoms with van der Waals surface area (Å²) in [6.07, 6.45) is 3.35. The number of aliphatic hydroxyl groups is 4. The van der Waals surface area contributed by atoms with Gasteiger partial charge in [0.05, 0.1) is 24.4 Å². The van der Waals surface area contributed by atoms with E-state index in [1.165, 1.54) is 0 Å². The molecular weight excluding hydrogens is 220 g/mol. The zero-order valence-corrected chi connectivity index (χ0v) is 10.2. The fraction of sp³-hybridized carbons (Fsp3) is 1.00. The molecule has 0 heterocycles. The first-order chi connectivity index (χ1) is 8.04. The van der Waals surface area contributed by atoms with Crippen molar-refractivity contribution >= 4 is 0 Å². The van der Waals surface area contributed by atoms with Gasteiger partial charge in [0.2, 0.25) is 0 Å². The molecular formula is C13H24O4. The quantitative estimate of drug-likeness (QED) is 0.567. The summed E-state index contributed by atoms with van der Waals surface area (Å²) in [6.45, 7) is 0. The van der Waals surface area contributed by atoms with Gasteiger partial charge in [0.1, 0.15) is 0 Å². The Hall–Kier alpha value is -0.160. The van der Waals surface area contributed by atoms with E-state index < -0.39 is 18.3 Å². The van der Waals surface area contributed by atoms with Gasteiger partial charge < -0.3 is 20.4 Å². The number of hydrogen-bond donors (Lipinski definition) is 4. The number of rotatable bonds is 2. The van der Waals surface area contributed by atoms with E-state index in [0.717, 1.165) is 32.1 Å². The number of hydrogen-bond acceptors (Lipinski definition) is 4. The molecule has 2 rings (SSSR count). The molecule has 0 bridgehead atoms. The SMILES string of the molecule is OC1CC(O)CC(CC2CCC(O)CC2O)C1. The second kappa shape index (κ2) is 5.65. The molecule has 0 spiro atoms. The Balaban J connectivity index is 1.83. The Morgan fingerprint density at radius 3 is 1.94 bits per heavy atom. The lowest BCUT2D eigenvalue weighted by Crippen LogP contribution is -2.36. The standard InChI is InChI=1S/C13H24O4/c14-10-2-1-9(13(17)7-10)3-8-4-11(15)6-12(16)5-8/h8-17H,1-7H2. The molecule has 0 aromatic carbocycles. The maximum atomic E-state index is 9.92. The van der Waals surface area contributed by atoms with Crippen molar-refractivity contribution in [1.82, 2.24) is 0 Å². The Kier molecular flexibility index (Phi) is 4.42. The van der Waals surface area contributed by atoms with Crippen molar-refractivity contribution in [3.8, 4) is 0 Å². The molecule has 4 N–H and O–H groups in total. The maximum Gasteiger partial charge on any atom is 0.0593 e. The summed E-state index contributed by atoms with van der Waals surface area (Å²) in [5.74, 6) is 0.532. The number of aliphatic hydroxyl groups excluding tert-OH is 4. The summed E-state index contributed by atoms with van der Waals surface area (Å²) >= 11 is 0. The van der Waals surface area contributed by atoms with E-state index in [1.54, 1.807) is 0 Å². The molecule has 2 aliphatic carbocycles. The van der Waals surface area contributed by atoms with E-state index in [9.17, 15) is 20.4 Å². The fourth-order valence-electron chi connectivity index (χ4n) is 3.46. The predicted octanol–water partition coefficient (Wildman–Crippen LogP) is 0.420. The molecule has 2 aliphatic rings. The average Bonchev–Trinajstić information content (AvgIpc) is 2.21. The fourth-order valence-corrected chi connectivity index (χ4v) is 3.46. The van der Waals surface area contributed by atoms with Gasteiger partial charge in [0.15, 0.2) is 0 Å². The third-order valence-corrected chi connectivity index (χ3v) is 4.32. The van der Waals surface area contributed by atoms with Crippen LogP contribution in [0.3, 0.4) is 0 Å². The molecule has 0 aliphatic heterocycles. The summed E-state index contributed by atoms with van der Waals surface area (Å²) < 4.78 is 0. The highest BCUT2D eigenvalue weighted by molar-refractivity contribution is 4.85. The first-order valence-electron chi connectivity index (χ1n) is 6.77. The lowest BCUT2D eigenvalue weighted by Gasteiger charge is -2.36. The highest BCUT2D eigenvalue weighted by Crippen LogP contribution is 2.35. The molecule has 2 fully saturated rings. The molecule has 0 aromatic heterocycles. The lowest BCUT2D eigenvalue weighted by atomic mass is 9.74. The summed E-state index contributed by atoms with van der Waals surface area (Å²) in [6, 6.07) is 0. The molecule has 2 saturated carbocycles. The molecule has 4 nitrogen and oxygen atoms in total. The van der Waals surface area contributed by atoms with Crippen molar-refractivity contribution in [3.63, 3.8) is 0 Å². The van der Waals surface area contributed by atoms with Crippen LogP contribution >= 0.6 is 0 Å². The molecule has 4 heteroatoms. The molecule has 17 heavy (non-hydrogen) atoms. The third-order valence-electron chi connectivity index (χ3n) is 4.32. The van der Waals surface area contributed by atoms with Crippen LogP contribution in [-0.2, 0) is 0 Å². The molecule has 0 saturated heterocycles. The predicted molar refractivity (Wildman–Crippen MR) is 63.3 cm³/mol. The van der Waals surface area contributed by atoms with Crippen molar-refractivity contribution in [2.45, 2.75) is 69.4 Å². The second-order valence-corrected chi connectivity index (χ2v) is 5.91. The van der Waals surface area contributed by atoms with E-state index in [2.05, 4.69) is 0 Å².